The molecule has 0 spiro atoms. The maximum Gasteiger partial charge on any atom is 0.284 e. The Kier molecular flexibility index (Phi) is 6.00. The van der Waals surface area contributed by atoms with Gasteiger partial charge in [0.05, 0.1) is 15.6 Å². The standard InChI is InChI=1S/C22H21N3O3S3/c1-4-14-25-20(26)19(21-24(3)17-8-6-7-9-18(17)29-21)30-22(25)23-31(27,28)16-12-10-15(5-2)11-13-16/h4,6-13H,1,5,14H2,2-3H3/b21-19+,23-22+. The van der Waals surface area contributed by atoms with E-state index >= 15 is 0 Å². The van der Waals surface area contributed by atoms with Crippen LogP contribution in [0.25, 0.3) is 0 Å². The van der Waals surface area contributed by atoms with Gasteiger partial charge in [-0.05, 0) is 48.0 Å². The van der Waals surface area contributed by atoms with Crippen LogP contribution >= 0.6 is 23.5 Å². The molecule has 0 bridgehead atoms. The number of anilines is 1. The van der Waals surface area contributed by atoms with Gasteiger partial charge in [0.1, 0.15) is 4.91 Å². The lowest BCUT2D eigenvalue weighted by Crippen LogP contribution is -2.30. The zero-order chi connectivity index (χ0) is 22.2. The van der Waals surface area contributed by atoms with Gasteiger partial charge in [0, 0.05) is 18.5 Å². The molecule has 2 aliphatic rings. The molecule has 9 heteroatoms. The Morgan fingerprint density at radius 1 is 1.10 bits per heavy atom. The normalized spacial score (nSPS) is 19.9. The van der Waals surface area contributed by atoms with E-state index in [4.69, 9.17) is 0 Å². The van der Waals surface area contributed by atoms with Gasteiger partial charge in [0.25, 0.3) is 15.9 Å². The first kappa shape index (κ1) is 21.7. The molecule has 2 aromatic carbocycles. The number of fused-ring (bicyclic) bond motifs is 1. The topological polar surface area (TPSA) is 70.1 Å². The number of rotatable bonds is 5. The predicted octanol–water partition coefficient (Wildman–Crippen LogP) is 4.47. The summed E-state index contributed by atoms with van der Waals surface area (Å²) >= 11 is 2.58. The van der Waals surface area contributed by atoms with Crippen molar-refractivity contribution in [1.82, 2.24) is 4.90 Å². The van der Waals surface area contributed by atoms with Crippen LogP contribution in [0.3, 0.4) is 0 Å². The van der Waals surface area contributed by atoms with E-state index in [-0.39, 0.29) is 22.5 Å². The predicted molar refractivity (Wildman–Crippen MR) is 128 cm³/mol. The van der Waals surface area contributed by atoms with Gasteiger partial charge in [0.2, 0.25) is 0 Å². The van der Waals surface area contributed by atoms with Crippen LogP contribution in [0.4, 0.5) is 5.69 Å². The highest BCUT2D eigenvalue weighted by Crippen LogP contribution is 2.49. The lowest BCUT2D eigenvalue weighted by atomic mass is 10.2. The first-order chi connectivity index (χ1) is 14.9. The molecule has 4 rings (SSSR count). The van der Waals surface area contributed by atoms with Gasteiger partial charge in [-0.25, -0.2) is 0 Å². The van der Waals surface area contributed by atoms with Crippen LogP contribution in [0.15, 0.2) is 85.3 Å². The molecule has 0 unspecified atom stereocenters. The van der Waals surface area contributed by atoms with Gasteiger partial charge in [-0.1, -0.05) is 49.0 Å². The molecule has 0 saturated carbocycles. The van der Waals surface area contributed by atoms with E-state index in [9.17, 15) is 13.2 Å². The van der Waals surface area contributed by atoms with Crippen molar-refractivity contribution in [2.24, 2.45) is 4.40 Å². The lowest BCUT2D eigenvalue weighted by Gasteiger charge is -2.15. The van der Waals surface area contributed by atoms with Crippen LogP contribution in [0, 0.1) is 0 Å². The Morgan fingerprint density at radius 3 is 2.45 bits per heavy atom. The maximum atomic E-state index is 13.2. The number of sulfonamides is 1. The summed E-state index contributed by atoms with van der Waals surface area (Å²) in [6.45, 7) is 5.87. The highest BCUT2D eigenvalue weighted by atomic mass is 32.2. The number of amidine groups is 1. The molecule has 2 aliphatic heterocycles. The van der Waals surface area contributed by atoms with Crippen molar-refractivity contribution in [2.75, 3.05) is 18.5 Å². The van der Waals surface area contributed by atoms with Crippen LogP contribution in [-0.2, 0) is 21.2 Å². The number of amides is 1. The van der Waals surface area contributed by atoms with Gasteiger partial charge in [-0.3, -0.25) is 9.69 Å². The number of hydrogen-bond acceptors (Lipinski definition) is 6. The van der Waals surface area contributed by atoms with E-state index in [0.717, 1.165) is 39.4 Å². The summed E-state index contributed by atoms with van der Waals surface area (Å²) in [5.41, 5.74) is 2.05. The Bertz CT molecular complexity index is 1220. The van der Waals surface area contributed by atoms with Crippen molar-refractivity contribution in [2.45, 2.75) is 23.1 Å². The van der Waals surface area contributed by atoms with E-state index in [1.165, 1.54) is 16.7 Å². The fourth-order valence-electron chi connectivity index (χ4n) is 3.25. The summed E-state index contributed by atoms with van der Waals surface area (Å²) in [5, 5.41) is 0.900. The van der Waals surface area contributed by atoms with E-state index in [2.05, 4.69) is 11.0 Å². The lowest BCUT2D eigenvalue weighted by molar-refractivity contribution is -0.121. The number of aryl methyl sites for hydroxylation is 1. The molecule has 2 heterocycles. The molecule has 0 radical (unpaired) electrons. The Balaban J connectivity index is 1.73. The first-order valence-electron chi connectivity index (χ1n) is 9.65. The summed E-state index contributed by atoms with van der Waals surface area (Å²) in [4.78, 5) is 18.1. The van der Waals surface area contributed by atoms with Gasteiger partial charge in [0.15, 0.2) is 5.17 Å². The molecule has 0 aromatic heterocycles. The molecule has 2 aromatic rings. The SMILES string of the molecule is C=CCN1C(=O)/C(=C2\Sc3ccccc3N2C)S/C1=N/S(=O)(=O)c1ccc(CC)cc1. The minimum absolute atomic E-state index is 0.102. The maximum absolute atomic E-state index is 13.2. The third-order valence-electron chi connectivity index (χ3n) is 4.94. The molecule has 1 fully saturated rings. The van der Waals surface area contributed by atoms with Crippen LogP contribution in [0.5, 0.6) is 0 Å². The summed E-state index contributed by atoms with van der Waals surface area (Å²) in [6, 6.07) is 14.5. The minimum Gasteiger partial charge on any atom is -0.337 e. The number of carbonyl (C=O) groups is 1. The molecule has 0 atom stereocenters. The van der Waals surface area contributed by atoms with E-state index < -0.39 is 10.0 Å². The van der Waals surface area contributed by atoms with Crippen molar-refractivity contribution in [3.8, 4) is 0 Å². The largest absolute Gasteiger partial charge is 0.337 e. The quantitative estimate of drug-likeness (QED) is 0.474. The zero-order valence-electron chi connectivity index (χ0n) is 17.1. The first-order valence-corrected chi connectivity index (χ1v) is 12.7. The number of nitrogens with zero attached hydrogens (tertiary/aromatic N) is 3. The second-order valence-electron chi connectivity index (χ2n) is 6.92. The number of benzene rings is 2. The zero-order valence-corrected chi connectivity index (χ0v) is 19.6. The number of carbonyl (C=O) groups excluding carboxylic acids is 1. The molecular weight excluding hydrogens is 450 g/mol. The van der Waals surface area contributed by atoms with Gasteiger partial charge in [-0.2, -0.15) is 8.42 Å². The number of hydrogen-bond donors (Lipinski definition) is 0. The van der Waals surface area contributed by atoms with Crippen molar-refractivity contribution in [3.05, 3.63) is 76.7 Å². The Labute approximate surface area is 190 Å². The van der Waals surface area contributed by atoms with E-state index in [0.29, 0.717) is 4.91 Å². The van der Waals surface area contributed by atoms with Crippen molar-refractivity contribution >= 4 is 50.3 Å². The molecule has 1 saturated heterocycles. The van der Waals surface area contributed by atoms with Crippen LogP contribution in [0.2, 0.25) is 0 Å². The average molecular weight is 472 g/mol. The van der Waals surface area contributed by atoms with E-state index in [1.54, 1.807) is 30.3 Å². The molecule has 31 heavy (non-hydrogen) atoms. The smallest absolute Gasteiger partial charge is 0.284 e. The molecular formula is C22H21N3O3S3. The minimum atomic E-state index is -3.96. The van der Waals surface area contributed by atoms with Crippen LogP contribution < -0.4 is 4.90 Å². The number of para-hydroxylation sites is 1. The number of thioether (sulfide) groups is 2. The van der Waals surface area contributed by atoms with Crippen LogP contribution in [-0.4, -0.2) is 38.0 Å². The molecule has 160 valence electrons. The molecule has 1 amide bonds. The summed E-state index contributed by atoms with van der Waals surface area (Å²) in [5.74, 6) is -0.276. The van der Waals surface area contributed by atoms with Crippen molar-refractivity contribution in [3.63, 3.8) is 0 Å². The highest BCUT2D eigenvalue weighted by molar-refractivity contribution is 8.19. The van der Waals surface area contributed by atoms with E-state index in [1.807, 2.05) is 43.1 Å². The fourth-order valence-corrected chi connectivity index (χ4v) is 6.78. The Hall–Kier alpha value is -2.49. The monoisotopic (exact) mass is 471 g/mol. The van der Waals surface area contributed by atoms with Gasteiger partial charge >= 0.3 is 0 Å². The van der Waals surface area contributed by atoms with Gasteiger partial charge in [-0.15, -0.1) is 11.0 Å². The molecule has 0 N–H and O–H groups in total. The van der Waals surface area contributed by atoms with Gasteiger partial charge < -0.3 is 4.90 Å². The molecule has 6 nitrogen and oxygen atoms in total. The average Bonchev–Trinajstić information content (AvgIpc) is 3.25. The third-order valence-corrected chi connectivity index (χ3v) is 8.76. The fraction of sp³-hybridized carbons (Fsp3) is 0.182. The third kappa shape index (κ3) is 4.05. The second kappa shape index (κ2) is 8.57. The van der Waals surface area contributed by atoms with Crippen molar-refractivity contribution in [1.29, 1.82) is 0 Å². The summed E-state index contributed by atoms with van der Waals surface area (Å²) < 4.78 is 29.9. The molecule has 0 aliphatic carbocycles. The summed E-state index contributed by atoms with van der Waals surface area (Å²) in [6.07, 6.45) is 2.38. The highest BCUT2D eigenvalue weighted by Gasteiger charge is 2.39. The summed E-state index contributed by atoms with van der Waals surface area (Å²) in [7, 11) is -2.06. The second-order valence-corrected chi connectivity index (χ2v) is 10.5. The van der Waals surface area contributed by atoms with Crippen molar-refractivity contribution < 1.29 is 13.2 Å². The van der Waals surface area contributed by atoms with Crippen LogP contribution in [0.1, 0.15) is 12.5 Å². The Morgan fingerprint density at radius 2 is 1.81 bits per heavy atom.